The van der Waals surface area contributed by atoms with Crippen molar-refractivity contribution in [2.75, 3.05) is 43.6 Å². The Morgan fingerprint density at radius 3 is 2.39 bits per heavy atom. The van der Waals surface area contributed by atoms with Crippen molar-refractivity contribution in [1.29, 1.82) is 0 Å². The first kappa shape index (κ1) is 23.8. The zero-order chi connectivity index (χ0) is 26.4. The third-order valence-corrected chi connectivity index (χ3v) is 8.38. The third-order valence-electron chi connectivity index (χ3n) is 6.70. The fraction of sp³-hybridized carbons (Fsp3) is 0.192. The number of para-hydroxylation sites is 1. The van der Waals surface area contributed by atoms with Gasteiger partial charge in [-0.2, -0.15) is 8.96 Å². The Labute approximate surface area is 217 Å². The second-order valence-corrected chi connectivity index (χ2v) is 10.7. The first-order chi connectivity index (χ1) is 18.3. The van der Waals surface area contributed by atoms with E-state index in [4.69, 9.17) is 15.2 Å². The lowest BCUT2D eigenvalue weighted by Gasteiger charge is -2.36. The lowest BCUT2D eigenvalue weighted by atomic mass is 10.1. The van der Waals surface area contributed by atoms with Crippen LogP contribution in [-0.4, -0.2) is 61.2 Å². The van der Waals surface area contributed by atoms with Crippen LogP contribution in [0.1, 0.15) is 10.4 Å². The number of nitrogens with two attached hydrogens (primary N) is 1. The van der Waals surface area contributed by atoms with Crippen LogP contribution in [0.25, 0.3) is 10.9 Å². The smallest absolute Gasteiger partial charge is 0.364 e. The van der Waals surface area contributed by atoms with Crippen molar-refractivity contribution in [2.45, 2.75) is 4.90 Å². The number of ether oxygens (including phenoxy) is 2. The van der Waals surface area contributed by atoms with E-state index in [-0.39, 0.29) is 40.1 Å². The van der Waals surface area contributed by atoms with Gasteiger partial charge in [-0.15, -0.1) is 0 Å². The lowest BCUT2D eigenvalue weighted by Crippen LogP contribution is -2.48. The van der Waals surface area contributed by atoms with Gasteiger partial charge in [0.1, 0.15) is 5.82 Å². The van der Waals surface area contributed by atoms with E-state index in [2.05, 4.69) is 9.88 Å². The summed E-state index contributed by atoms with van der Waals surface area (Å²) in [6.45, 7) is 2.43. The number of rotatable bonds is 4. The summed E-state index contributed by atoms with van der Waals surface area (Å²) in [4.78, 5) is 33.8. The molecule has 0 atom stereocenters. The van der Waals surface area contributed by atoms with Crippen LogP contribution in [0.2, 0.25) is 0 Å². The number of amides is 1. The monoisotopic (exact) mass is 533 g/mol. The van der Waals surface area contributed by atoms with Gasteiger partial charge in [-0.3, -0.25) is 4.79 Å². The van der Waals surface area contributed by atoms with Crippen molar-refractivity contribution in [3.8, 4) is 11.5 Å². The molecule has 0 aliphatic carbocycles. The van der Waals surface area contributed by atoms with E-state index in [9.17, 15) is 18.0 Å². The molecule has 2 aliphatic rings. The second-order valence-electron chi connectivity index (χ2n) is 8.91. The lowest BCUT2D eigenvalue weighted by molar-refractivity contribution is 0.0747. The molecule has 0 bridgehead atoms. The predicted molar refractivity (Wildman–Crippen MR) is 140 cm³/mol. The molecule has 0 unspecified atom stereocenters. The van der Waals surface area contributed by atoms with Gasteiger partial charge in [-0.25, -0.2) is 13.2 Å². The predicted octanol–water partition coefficient (Wildman–Crippen LogP) is 1.91. The first-order valence-electron chi connectivity index (χ1n) is 11.9. The fourth-order valence-corrected chi connectivity index (χ4v) is 6.01. The number of carbonyl (C=O) groups excluding carboxylic acids is 1. The molecule has 0 saturated carbocycles. The van der Waals surface area contributed by atoms with E-state index in [1.54, 1.807) is 11.0 Å². The van der Waals surface area contributed by atoms with Crippen molar-refractivity contribution in [3.63, 3.8) is 0 Å². The van der Waals surface area contributed by atoms with Crippen molar-refractivity contribution in [2.24, 2.45) is 0 Å². The molecule has 1 saturated heterocycles. The summed E-state index contributed by atoms with van der Waals surface area (Å²) in [5.74, 6) is 0.157. The number of nitrogen functional groups attached to an aromatic ring is 1. The Hall–Kier alpha value is -4.58. The van der Waals surface area contributed by atoms with E-state index in [0.29, 0.717) is 41.5 Å². The number of hydrogen-bond donors (Lipinski definition) is 1. The molecule has 1 fully saturated rings. The molecule has 38 heavy (non-hydrogen) atoms. The first-order valence-corrected chi connectivity index (χ1v) is 13.3. The van der Waals surface area contributed by atoms with E-state index in [1.165, 1.54) is 30.3 Å². The van der Waals surface area contributed by atoms with Crippen LogP contribution in [0.3, 0.4) is 0 Å². The Balaban J connectivity index is 1.28. The molecule has 0 radical (unpaired) electrons. The number of anilines is 2. The summed E-state index contributed by atoms with van der Waals surface area (Å²) >= 11 is 0. The van der Waals surface area contributed by atoms with Gasteiger partial charge < -0.3 is 25.0 Å². The topological polar surface area (TPSA) is 137 Å². The molecule has 0 spiro atoms. The standard InChI is InChI=1S/C26H23N5O6S/c27-24-20-8-6-17(25(32)30-12-10-29(11-13-30)18-4-2-1-3-5-18)14-21(20)28-26(33)31(24)38(34,35)19-7-9-22-23(15-19)37-16-36-22/h1-9,14-15H,10-13,16,27H2. The molecular formula is C26H23N5O6S. The molecular weight excluding hydrogens is 510 g/mol. The van der Waals surface area contributed by atoms with Gasteiger partial charge in [-0.05, 0) is 42.5 Å². The van der Waals surface area contributed by atoms with Crippen molar-refractivity contribution in [3.05, 3.63) is 82.8 Å². The zero-order valence-corrected chi connectivity index (χ0v) is 20.9. The van der Waals surface area contributed by atoms with Gasteiger partial charge in [0.2, 0.25) is 6.79 Å². The highest BCUT2D eigenvalue weighted by Crippen LogP contribution is 2.34. The Kier molecular flexibility index (Phi) is 5.68. The minimum Gasteiger partial charge on any atom is -0.454 e. The van der Waals surface area contributed by atoms with Crippen LogP contribution >= 0.6 is 0 Å². The SMILES string of the molecule is Nc1c2ccc(C(=O)N3CCN(c4ccccc4)CC3)cc2nc(=O)n1S(=O)(=O)c1ccc2c(c1)OCO2. The molecule has 2 N–H and O–H groups in total. The van der Waals surface area contributed by atoms with Gasteiger partial charge >= 0.3 is 5.69 Å². The molecule has 12 heteroatoms. The highest BCUT2D eigenvalue weighted by atomic mass is 32.2. The van der Waals surface area contributed by atoms with Gasteiger partial charge in [0.15, 0.2) is 11.5 Å². The molecule has 1 amide bonds. The molecule has 3 heterocycles. The molecule has 11 nitrogen and oxygen atoms in total. The van der Waals surface area contributed by atoms with Gasteiger partial charge in [-0.1, -0.05) is 18.2 Å². The number of piperazine rings is 1. The summed E-state index contributed by atoms with van der Waals surface area (Å²) in [5, 5.41) is 0.236. The molecule has 6 rings (SSSR count). The van der Waals surface area contributed by atoms with Crippen LogP contribution in [0, 0.1) is 0 Å². The number of nitrogens with zero attached hydrogens (tertiary/aromatic N) is 4. The molecule has 1 aromatic heterocycles. The Bertz CT molecular complexity index is 1730. The third kappa shape index (κ3) is 3.98. The highest BCUT2D eigenvalue weighted by Gasteiger charge is 2.27. The van der Waals surface area contributed by atoms with Crippen molar-refractivity contribution < 1.29 is 22.7 Å². The van der Waals surface area contributed by atoms with Crippen LogP contribution in [0.15, 0.2) is 76.4 Å². The maximum absolute atomic E-state index is 13.3. The normalized spacial score (nSPS) is 15.2. The zero-order valence-electron chi connectivity index (χ0n) is 20.1. The summed E-state index contributed by atoms with van der Waals surface area (Å²) in [7, 11) is -4.38. The average Bonchev–Trinajstić information content (AvgIpc) is 3.41. The van der Waals surface area contributed by atoms with Crippen LogP contribution in [-0.2, 0) is 10.0 Å². The highest BCUT2D eigenvalue weighted by molar-refractivity contribution is 7.90. The van der Waals surface area contributed by atoms with Crippen LogP contribution < -0.4 is 25.8 Å². The summed E-state index contributed by atoms with van der Waals surface area (Å²) in [5.41, 5.74) is 6.69. The minimum atomic E-state index is -4.38. The van der Waals surface area contributed by atoms with E-state index in [1.807, 2.05) is 30.3 Å². The van der Waals surface area contributed by atoms with Crippen molar-refractivity contribution in [1.82, 2.24) is 13.9 Å². The van der Waals surface area contributed by atoms with Gasteiger partial charge in [0.25, 0.3) is 15.9 Å². The molecule has 194 valence electrons. The van der Waals surface area contributed by atoms with Crippen LogP contribution in [0.4, 0.5) is 11.5 Å². The summed E-state index contributed by atoms with van der Waals surface area (Å²) < 4.78 is 37.6. The summed E-state index contributed by atoms with van der Waals surface area (Å²) in [6.07, 6.45) is 0. The quantitative estimate of drug-likeness (QED) is 0.417. The van der Waals surface area contributed by atoms with Gasteiger partial charge in [0.05, 0.1) is 10.4 Å². The second kappa shape index (κ2) is 9.06. The average molecular weight is 534 g/mol. The number of benzene rings is 3. The Morgan fingerprint density at radius 1 is 0.895 bits per heavy atom. The maximum atomic E-state index is 13.3. The fourth-order valence-electron chi connectivity index (χ4n) is 4.70. The van der Waals surface area contributed by atoms with E-state index in [0.717, 1.165) is 5.69 Å². The van der Waals surface area contributed by atoms with E-state index < -0.39 is 15.7 Å². The van der Waals surface area contributed by atoms with Gasteiger partial charge in [0, 0.05) is 48.9 Å². The number of fused-ring (bicyclic) bond motifs is 2. The van der Waals surface area contributed by atoms with Crippen LogP contribution in [0.5, 0.6) is 11.5 Å². The molecule has 4 aromatic rings. The largest absolute Gasteiger partial charge is 0.454 e. The maximum Gasteiger partial charge on any atom is 0.364 e. The summed E-state index contributed by atoms with van der Waals surface area (Å²) in [6, 6.07) is 18.6. The molecule has 2 aliphatic heterocycles. The number of carbonyl (C=O) groups is 1. The Morgan fingerprint density at radius 2 is 1.63 bits per heavy atom. The number of aromatic nitrogens is 2. The van der Waals surface area contributed by atoms with Crippen molar-refractivity contribution >= 4 is 38.3 Å². The minimum absolute atomic E-state index is 0.0256. The molecule has 3 aromatic carbocycles. The van der Waals surface area contributed by atoms with E-state index >= 15 is 0 Å². The number of hydrogen-bond acceptors (Lipinski definition) is 9.